The van der Waals surface area contributed by atoms with Crippen molar-refractivity contribution in [3.05, 3.63) is 58.5 Å². The van der Waals surface area contributed by atoms with E-state index in [2.05, 4.69) is 17.5 Å². The molecule has 5 heteroatoms. The molecular weight excluding hydrogens is 290 g/mol. The second-order valence-electron chi connectivity index (χ2n) is 5.95. The number of hydrogen-bond acceptors (Lipinski definition) is 2. The molecule has 0 saturated heterocycles. The molecule has 23 heavy (non-hydrogen) atoms. The van der Waals surface area contributed by atoms with Crippen LogP contribution in [0.25, 0.3) is 5.69 Å². The summed E-state index contributed by atoms with van der Waals surface area (Å²) in [7, 11) is 1.82. The fraction of sp³-hybridized carbons (Fsp3) is 0.333. The average Bonchev–Trinajstić information content (AvgIpc) is 3.12. The maximum absolute atomic E-state index is 12.7. The number of benzene rings is 1. The van der Waals surface area contributed by atoms with Crippen molar-refractivity contribution in [3.8, 4) is 5.69 Å². The van der Waals surface area contributed by atoms with E-state index in [4.69, 9.17) is 0 Å². The van der Waals surface area contributed by atoms with Crippen LogP contribution in [0.2, 0.25) is 0 Å². The summed E-state index contributed by atoms with van der Waals surface area (Å²) in [6.45, 7) is 1.84. The van der Waals surface area contributed by atoms with Crippen molar-refractivity contribution in [1.82, 2.24) is 9.36 Å². The van der Waals surface area contributed by atoms with E-state index in [1.165, 1.54) is 0 Å². The molecule has 0 unspecified atom stereocenters. The van der Waals surface area contributed by atoms with Crippen molar-refractivity contribution in [2.75, 3.05) is 5.32 Å². The number of aromatic nitrogens is 2. The summed E-state index contributed by atoms with van der Waals surface area (Å²) >= 11 is 0. The highest BCUT2D eigenvalue weighted by Gasteiger charge is 2.20. The first-order valence-corrected chi connectivity index (χ1v) is 7.88. The van der Waals surface area contributed by atoms with Crippen LogP contribution in [0.5, 0.6) is 0 Å². The molecular formula is C18H21N3O2. The number of nitrogens with one attached hydrogen (secondary N) is 1. The van der Waals surface area contributed by atoms with Crippen LogP contribution in [0.4, 0.5) is 5.69 Å². The Kier molecular flexibility index (Phi) is 4.19. The molecule has 1 aromatic carbocycles. The molecule has 0 aliphatic heterocycles. The summed E-state index contributed by atoms with van der Waals surface area (Å²) in [6.07, 6.45) is 6.65. The van der Waals surface area contributed by atoms with Crippen LogP contribution in [-0.2, 0) is 11.8 Å². The minimum atomic E-state index is -0.202. The summed E-state index contributed by atoms with van der Waals surface area (Å²) in [5, 5.41) is 2.81. The van der Waals surface area contributed by atoms with E-state index in [0.717, 1.165) is 24.2 Å². The van der Waals surface area contributed by atoms with Gasteiger partial charge in [0.2, 0.25) is 5.91 Å². The smallest absolute Gasteiger partial charge is 0.295 e. The summed E-state index contributed by atoms with van der Waals surface area (Å²) < 4.78 is 3.34. The van der Waals surface area contributed by atoms with Crippen molar-refractivity contribution >= 4 is 11.6 Å². The highest BCUT2D eigenvalue weighted by Crippen LogP contribution is 2.21. The Morgan fingerprint density at radius 1 is 1.30 bits per heavy atom. The minimum absolute atomic E-state index is 0.104. The fourth-order valence-electron chi connectivity index (χ4n) is 3.01. The van der Waals surface area contributed by atoms with Crippen LogP contribution < -0.4 is 10.9 Å². The van der Waals surface area contributed by atoms with Crippen LogP contribution in [0.3, 0.4) is 0 Å². The number of nitrogens with zero attached hydrogens (tertiary/aromatic N) is 2. The van der Waals surface area contributed by atoms with Crippen LogP contribution >= 0.6 is 0 Å². The number of anilines is 1. The molecule has 0 fully saturated rings. The Labute approximate surface area is 135 Å². The highest BCUT2D eigenvalue weighted by molar-refractivity contribution is 5.91. The lowest BCUT2D eigenvalue weighted by Crippen LogP contribution is -2.23. The van der Waals surface area contributed by atoms with Gasteiger partial charge >= 0.3 is 0 Å². The molecule has 5 nitrogen and oxygen atoms in total. The lowest BCUT2D eigenvalue weighted by atomic mass is 10.1. The van der Waals surface area contributed by atoms with Crippen molar-refractivity contribution in [2.45, 2.75) is 26.2 Å². The quantitative estimate of drug-likeness (QED) is 0.883. The van der Waals surface area contributed by atoms with Gasteiger partial charge in [-0.1, -0.05) is 30.4 Å². The Hall–Kier alpha value is -2.56. The van der Waals surface area contributed by atoms with Gasteiger partial charge in [-0.25, -0.2) is 4.68 Å². The summed E-state index contributed by atoms with van der Waals surface area (Å²) in [5.41, 5.74) is 1.69. The maximum atomic E-state index is 12.7. The van der Waals surface area contributed by atoms with Gasteiger partial charge in [-0.05, 0) is 37.8 Å². The molecule has 0 spiro atoms. The van der Waals surface area contributed by atoms with E-state index in [1.54, 1.807) is 9.36 Å². The predicted octanol–water partition coefficient (Wildman–Crippen LogP) is 2.78. The Bertz CT molecular complexity index is 800. The number of hydrogen-bond donors (Lipinski definition) is 1. The van der Waals surface area contributed by atoms with Crippen molar-refractivity contribution in [1.29, 1.82) is 0 Å². The first-order valence-electron chi connectivity index (χ1n) is 7.88. The third-order valence-electron chi connectivity index (χ3n) is 4.38. The lowest BCUT2D eigenvalue weighted by Gasteiger charge is -2.08. The minimum Gasteiger partial charge on any atom is -0.320 e. The van der Waals surface area contributed by atoms with Gasteiger partial charge in [0.05, 0.1) is 11.4 Å². The van der Waals surface area contributed by atoms with Crippen LogP contribution in [-0.4, -0.2) is 15.3 Å². The maximum Gasteiger partial charge on any atom is 0.295 e. The molecule has 1 aliphatic rings. The zero-order chi connectivity index (χ0) is 16.4. The van der Waals surface area contributed by atoms with Crippen LogP contribution in [0.1, 0.15) is 25.0 Å². The second kappa shape index (κ2) is 6.28. The monoisotopic (exact) mass is 311 g/mol. The first kappa shape index (κ1) is 15.3. The molecule has 1 amide bonds. The van der Waals surface area contributed by atoms with Gasteiger partial charge in [0.25, 0.3) is 5.56 Å². The summed E-state index contributed by atoms with van der Waals surface area (Å²) in [6, 6.07) is 9.41. The van der Waals surface area contributed by atoms with Gasteiger partial charge in [-0.2, -0.15) is 0 Å². The first-order chi connectivity index (χ1) is 11.1. The van der Waals surface area contributed by atoms with E-state index < -0.39 is 0 Å². The van der Waals surface area contributed by atoms with Gasteiger partial charge in [-0.15, -0.1) is 0 Å². The van der Waals surface area contributed by atoms with E-state index in [1.807, 2.05) is 44.3 Å². The Morgan fingerprint density at radius 3 is 2.70 bits per heavy atom. The molecule has 120 valence electrons. The third kappa shape index (κ3) is 2.99. The van der Waals surface area contributed by atoms with E-state index in [0.29, 0.717) is 12.1 Å². The van der Waals surface area contributed by atoms with Gasteiger partial charge in [-0.3, -0.25) is 14.3 Å². The largest absolute Gasteiger partial charge is 0.320 e. The molecule has 0 bridgehead atoms. The normalized spacial score (nSPS) is 16.7. The number of amides is 1. The number of allylic oxidation sites excluding steroid dienone is 2. The van der Waals surface area contributed by atoms with E-state index in [-0.39, 0.29) is 17.4 Å². The SMILES string of the molecule is Cc1c(NC(=O)C[C@H]2C=CCC2)c(=O)n(-c2ccccc2)n1C. The summed E-state index contributed by atoms with van der Waals surface area (Å²) in [5.74, 6) is 0.183. The van der Waals surface area contributed by atoms with E-state index in [9.17, 15) is 9.59 Å². The number of rotatable bonds is 4. The summed E-state index contributed by atoms with van der Waals surface area (Å²) in [4.78, 5) is 24.9. The lowest BCUT2D eigenvalue weighted by molar-refractivity contribution is -0.116. The van der Waals surface area contributed by atoms with Gasteiger partial charge in [0.15, 0.2) is 0 Å². The highest BCUT2D eigenvalue weighted by atomic mass is 16.2. The second-order valence-corrected chi connectivity index (χ2v) is 5.95. The predicted molar refractivity (Wildman–Crippen MR) is 90.9 cm³/mol. The number of carbonyl (C=O) groups excluding carboxylic acids is 1. The zero-order valence-electron chi connectivity index (χ0n) is 13.5. The van der Waals surface area contributed by atoms with Crippen LogP contribution in [0.15, 0.2) is 47.3 Å². The molecule has 3 rings (SSSR count). The molecule has 1 N–H and O–H groups in total. The number of carbonyl (C=O) groups is 1. The third-order valence-corrected chi connectivity index (χ3v) is 4.38. The average molecular weight is 311 g/mol. The van der Waals surface area contributed by atoms with Crippen molar-refractivity contribution in [3.63, 3.8) is 0 Å². The van der Waals surface area contributed by atoms with E-state index >= 15 is 0 Å². The van der Waals surface area contributed by atoms with Crippen molar-refractivity contribution in [2.24, 2.45) is 13.0 Å². The zero-order valence-corrected chi connectivity index (χ0v) is 13.5. The molecule has 1 aliphatic carbocycles. The topological polar surface area (TPSA) is 56.0 Å². The Morgan fingerprint density at radius 2 is 2.04 bits per heavy atom. The van der Waals surface area contributed by atoms with Gasteiger partial charge in [0, 0.05) is 13.5 Å². The Balaban J connectivity index is 1.87. The molecule has 0 saturated carbocycles. The fourth-order valence-corrected chi connectivity index (χ4v) is 3.01. The number of para-hydroxylation sites is 1. The molecule has 2 aromatic rings. The standard InChI is InChI=1S/C18H21N3O2/c1-13-17(19-16(22)12-14-8-6-7-9-14)18(23)21(20(13)2)15-10-4-3-5-11-15/h3-6,8,10-11,14H,7,9,12H2,1-2H3,(H,19,22)/t14-/m0/s1. The molecule has 1 heterocycles. The molecule has 1 atom stereocenters. The van der Waals surface area contributed by atoms with Gasteiger partial charge in [0.1, 0.15) is 5.69 Å². The van der Waals surface area contributed by atoms with Crippen LogP contribution in [0, 0.1) is 12.8 Å². The molecule has 1 aromatic heterocycles. The van der Waals surface area contributed by atoms with Gasteiger partial charge < -0.3 is 5.32 Å². The van der Waals surface area contributed by atoms with Crippen molar-refractivity contribution < 1.29 is 4.79 Å². The molecule has 0 radical (unpaired) electrons.